The number of rotatable bonds is 11. The second-order valence-corrected chi connectivity index (χ2v) is 19.1. The molecule has 0 saturated heterocycles. The Morgan fingerprint density at radius 2 is 0.634 bits per heavy atom. The number of hydrogen-bond acceptors (Lipinski definition) is 0. The van der Waals surface area contributed by atoms with E-state index in [1.54, 1.807) is 0 Å². The normalized spacial score (nSPS) is 13.6. The Morgan fingerprint density at radius 3 is 0.805 bits per heavy atom. The van der Waals surface area contributed by atoms with Gasteiger partial charge < -0.3 is 0 Å². The SMILES string of the molecule is C=CC[P+](CC[P+](CC=C)(c1ccccc1)c1ccccc1)(c1ccccc1)c1ccccc1.F[P-](F)(F)(F)(F)F. The van der Waals surface area contributed by atoms with Crippen molar-refractivity contribution in [2.45, 2.75) is 0 Å². The van der Waals surface area contributed by atoms with Crippen LogP contribution in [0.5, 0.6) is 0 Å². The van der Waals surface area contributed by atoms with Gasteiger partial charge in [-0.2, -0.15) is 0 Å². The molecule has 4 rings (SSSR count). The zero-order valence-electron chi connectivity index (χ0n) is 22.6. The first-order chi connectivity index (χ1) is 19.2. The fraction of sp³-hybridized carbons (Fsp3) is 0.125. The van der Waals surface area contributed by atoms with Crippen molar-refractivity contribution in [2.24, 2.45) is 0 Å². The van der Waals surface area contributed by atoms with Crippen molar-refractivity contribution in [3.8, 4) is 0 Å². The topological polar surface area (TPSA) is 0 Å². The van der Waals surface area contributed by atoms with Gasteiger partial charge >= 0.3 is 33.0 Å². The summed E-state index contributed by atoms with van der Waals surface area (Å²) in [6.45, 7) is 8.43. The monoisotopic (exact) mass is 625 g/mol. The minimum absolute atomic E-state index is 1.01. The summed E-state index contributed by atoms with van der Waals surface area (Å²) < 4.78 is 59.2. The number of halogens is 6. The van der Waals surface area contributed by atoms with Crippen molar-refractivity contribution < 1.29 is 25.2 Å². The Labute approximate surface area is 239 Å². The van der Waals surface area contributed by atoms with E-state index in [1.165, 1.54) is 21.2 Å². The summed E-state index contributed by atoms with van der Waals surface area (Å²) in [6, 6.07) is 44.7. The quantitative estimate of drug-likeness (QED) is 0.0884. The van der Waals surface area contributed by atoms with Gasteiger partial charge in [-0.15, -0.1) is 0 Å². The Kier molecular flexibility index (Phi) is 10.1. The standard InChI is InChI=1S/C32H34P2.F6P/c1-3-25-33(29-17-9-5-10-18-29,30-19-11-6-12-20-30)27-28-34(26-4-2,31-21-13-7-14-22-31)32-23-15-8-16-24-32;1-7(2,3,4,5)6/h3-24H,1-2,25-28H2;/q+2;-1. The van der Waals surface area contributed by atoms with Crippen LogP contribution in [-0.4, -0.2) is 24.6 Å². The van der Waals surface area contributed by atoms with Crippen LogP contribution in [0.4, 0.5) is 25.2 Å². The first kappa shape index (κ1) is 32.7. The van der Waals surface area contributed by atoms with Crippen LogP contribution >= 0.6 is 22.3 Å². The molecule has 0 fully saturated rings. The molecule has 0 spiro atoms. The molecule has 0 radical (unpaired) electrons. The van der Waals surface area contributed by atoms with Gasteiger partial charge in [-0.3, -0.25) is 0 Å². The van der Waals surface area contributed by atoms with Gasteiger partial charge in [-0.25, -0.2) is 0 Å². The maximum absolute atomic E-state index is 10.7. The van der Waals surface area contributed by atoms with Crippen LogP contribution < -0.4 is 21.2 Å². The molecule has 0 aliphatic heterocycles. The summed E-state index contributed by atoms with van der Waals surface area (Å²) in [6.07, 6.45) is 8.62. The van der Waals surface area contributed by atoms with Crippen LogP contribution in [0, 0.1) is 0 Å². The van der Waals surface area contributed by atoms with E-state index in [1.807, 2.05) is 0 Å². The molecule has 4 aromatic rings. The number of allylic oxidation sites excluding steroid dienone is 2. The van der Waals surface area contributed by atoms with Gasteiger partial charge in [0.1, 0.15) is 12.3 Å². The summed E-state index contributed by atoms with van der Waals surface area (Å²) in [4.78, 5) is 0. The summed E-state index contributed by atoms with van der Waals surface area (Å²) in [5.41, 5.74) is 0. The predicted octanol–water partition coefficient (Wildman–Crippen LogP) is 10.1. The third-order valence-corrected chi connectivity index (χ3v) is 16.0. The molecule has 0 N–H and O–H groups in total. The van der Waals surface area contributed by atoms with Crippen LogP contribution in [0.1, 0.15) is 0 Å². The van der Waals surface area contributed by atoms with Gasteiger partial charge in [0.2, 0.25) is 0 Å². The molecule has 41 heavy (non-hydrogen) atoms. The summed E-state index contributed by atoms with van der Waals surface area (Å²) in [5.74, 6) is 0. The van der Waals surface area contributed by atoms with Crippen molar-refractivity contribution in [1.29, 1.82) is 0 Å². The van der Waals surface area contributed by atoms with Crippen molar-refractivity contribution >= 4 is 43.6 Å². The van der Waals surface area contributed by atoms with E-state index in [0.29, 0.717) is 0 Å². The van der Waals surface area contributed by atoms with Crippen molar-refractivity contribution in [1.82, 2.24) is 0 Å². The zero-order chi connectivity index (χ0) is 30.1. The Balaban J connectivity index is 0.000000587. The van der Waals surface area contributed by atoms with Gasteiger partial charge in [0, 0.05) is 0 Å². The van der Waals surface area contributed by atoms with Crippen molar-refractivity contribution in [2.75, 3.05) is 24.6 Å². The molecule has 0 bridgehead atoms. The molecule has 218 valence electrons. The van der Waals surface area contributed by atoms with Crippen molar-refractivity contribution in [3.63, 3.8) is 0 Å². The fourth-order valence-electron chi connectivity index (χ4n) is 5.05. The molecule has 0 heterocycles. The third-order valence-electron chi connectivity index (χ3n) is 6.75. The van der Waals surface area contributed by atoms with Crippen molar-refractivity contribution in [3.05, 3.63) is 147 Å². The van der Waals surface area contributed by atoms with Gasteiger partial charge in [-0.05, 0) is 48.5 Å². The van der Waals surface area contributed by atoms with E-state index in [4.69, 9.17) is 0 Å². The minimum atomic E-state index is -10.7. The molecule has 0 nitrogen and oxygen atoms in total. The Bertz CT molecular complexity index is 1210. The predicted molar refractivity (Wildman–Crippen MR) is 172 cm³/mol. The van der Waals surface area contributed by atoms with Gasteiger partial charge in [-0.1, -0.05) is 98.1 Å². The maximum atomic E-state index is 9.87. The van der Waals surface area contributed by atoms with Crippen LogP contribution in [0.3, 0.4) is 0 Å². The van der Waals surface area contributed by atoms with Crippen LogP contribution in [0.15, 0.2) is 147 Å². The van der Waals surface area contributed by atoms with E-state index in [-0.39, 0.29) is 0 Å². The third kappa shape index (κ3) is 9.93. The summed E-state index contributed by atoms with van der Waals surface area (Å²) in [7, 11) is -14.0. The summed E-state index contributed by atoms with van der Waals surface area (Å²) in [5, 5.41) is 5.88. The molecule has 0 atom stereocenters. The van der Waals surface area contributed by atoms with Crippen LogP contribution in [0.25, 0.3) is 0 Å². The molecule has 0 aliphatic carbocycles. The molecular weight excluding hydrogens is 591 g/mol. The van der Waals surface area contributed by atoms with Gasteiger partial charge in [0.05, 0.1) is 48.1 Å². The van der Waals surface area contributed by atoms with Crippen LogP contribution in [0.2, 0.25) is 0 Å². The molecule has 0 aromatic heterocycles. The first-order valence-electron chi connectivity index (χ1n) is 12.9. The molecule has 0 saturated carbocycles. The number of hydrogen-bond donors (Lipinski definition) is 0. The zero-order valence-corrected chi connectivity index (χ0v) is 25.2. The van der Waals surface area contributed by atoms with E-state index >= 15 is 0 Å². The van der Waals surface area contributed by atoms with Gasteiger partial charge in [0.15, 0.2) is 0 Å². The summed E-state index contributed by atoms with van der Waals surface area (Å²) >= 11 is 0. The second kappa shape index (κ2) is 12.6. The molecule has 0 amide bonds. The molecule has 0 aliphatic rings. The molecule has 4 aromatic carbocycles. The van der Waals surface area contributed by atoms with Gasteiger partial charge in [0.25, 0.3) is 0 Å². The average molecular weight is 626 g/mol. The van der Waals surface area contributed by atoms with E-state index in [2.05, 4.69) is 147 Å². The van der Waals surface area contributed by atoms with E-state index < -0.39 is 22.3 Å². The fourth-order valence-corrected chi connectivity index (χ4v) is 14.5. The first-order valence-corrected chi connectivity index (χ1v) is 19.3. The Hall–Kier alpha value is -2.77. The van der Waals surface area contributed by atoms with E-state index in [0.717, 1.165) is 24.6 Å². The number of benzene rings is 4. The Morgan fingerprint density at radius 1 is 0.439 bits per heavy atom. The average Bonchev–Trinajstić information content (AvgIpc) is 2.95. The second-order valence-electron chi connectivity index (χ2n) is 9.63. The van der Waals surface area contributed by atoms with Crippen LogP contribution in [-0.2, 0) is 0 Å². The molecular formula is C32H34F6P3+. The molecule has 0 unspecified atom stereocenters. The van der Waals surface area contributed by atoms with E-state index in [9.17, 15) is 25.2 Å². The molecule has 9 heteroatoms.